The molecule has 0 aromatic carbocycles. The summed E-state index contributed by atoms with van der Waals surface area (Å²) >= 11 is 0. The van der Waals surface area contributed by atoms with Crippen LogP contribution in [0.25, 0.3) is 5.52 Å². The molecule has 0 aliphatic rings. The second kappa shape index (κ2) is 4.59. The van der Waals surface area contributed by atoms with Gasteiger partial charge in [0.25, 0.3) is 0 Å². The molecule has 0 aliphatic carbocycles. The summed E-state index contributed by atoms with van der Waals surface area (Å²) in [6.07, 6.45) is 3.68. The lowest BCUT2D eigenvalue weighted by Gasteiger charge is -2.19. The van der Waals surface area contributed by atoms with E-state index in [-0.39, 0.29) is 5.41 Å². The number of nitrogens with one attached hydrogen (secondary N) is 1. The first-order chi connectivity index (χ1) is 8.37. The minimum absolute atomic E-state index is 0.232. The van der Waals surface area contributed by atoms with Gasteiger partial charge in [0.1, 0.15) is 5.52 Å². The fourth-order valence-electron chi connectivity index (χ4n) is 1.71. The van der Waals surface area contributed by atoms with Crippen molar-refractivity contribution >= 4 is 11.3 Å². The lowest BCUT2D eigenvalue weighted by Crippen LogP contribution is -2.19. The molecule has 0 fully saturated rings. The largest absolute Gasteiger partial charge is 0.368 e. The SMILES string of the molecule is CC(C)c1cc2c(NCC(C)(C)C)nccn2n1. The standard InChI is InChI=1S/C14H22N4/c1-10(2)11-8-12-13(16-9-14(3,4)5)15-6-7-18(12)17-11/h6-8,10H,9H2,1-5H3,(H,15,16). The van der Waals surface area contributed by atoms with E-state index in [1.807, 2.05) is 10.7 Å². The van der Waals surface area contributed by atoms with Crippen molar-refractivity contribution in [2.45, 2.75) is 40.5 Å². The maximum atomic E-state index is 4.55. The Morgan fingerprint density at radius 2 is 2.06 bits per heavy atom. The van der Waals surface area contributed by atoms with Gasteiger partial charge < -0.3 is 5.32 Å². The van der Waals surface area contributed by atoms with Crippen LogP contribution in [-0.2, 0) is 0 Å². The van der Waals surface area contributed by atoms with Crippen LogP contribution >= 0.6 is 0 Å². The van der Waals surface area contributed by atoms with Crippen molar-refractivity contribution in [2.24, 2.45) is 5.41 Å². The van der Waals surface area contributed by atoms with Gasteiger partial charge in [0.05, 0.1) is 5.69 Å². The van der Waals surface area contributed by atoms with Crippen LogP contribution in [-0.4, -0.2) is 21.1 Å². The summed E-state index contributed by atoms with van der Waals surface area (Å²) in [4.78, 5) is 4.41. The molecule has 0 aliphatic heterocycles. The highest BCUT2D eigenvalue weighted by atomic mass is 15.2. The molecule has 2 rings (SSSR count). The van der Waals surface area contributed by atoms with E-state index in [9.17, 15) is 0 Å². The summed E-state index contributed by atoms with van der Waals surface area (Å²) in [6, 6.07) is 2.11. The van der Waals surface area contributed by atoms with Crippen molar-refractivity contribution in [1.82, 2.24) is 14.6 Å². The average molecular weight is 246 g/mol. The van der Waals surface area contributed by atoms with Crippen molar-refractivity contribution in [3.05, 3.63) is 24.2 Å². The van der Waals surface area contributed by atoms with Gasteiger partial charge in [0.2, 0.25) is 0 Å². The molecule has 18 heavy (non-hydrogen) atoms. The van der Waals surface area contributed by atoms with Gasteiger partial charge in [-0.2, -0.15) is 5.10 Å². The second-order valence-electron chi connectivity index (χ2n) is 6.24. The van der Waals surface area contributed by atoms with Crippen LogP contribution in [0.15, 0.2) is 18.5 Å². The molecule has 2 aromatic rings. The predicted molar refractivity (Wildman–Crippen MR) is 75.0 cm³/mol. The third kappa shape index (κ3) is 2.81. The zero-order chi connectivity index (χ0) is 13.3. The number of hydrogen-bond donors (Lipinski definition) is 1. The summed E-state index contributed by atoms with van der Waals surface area (Å²) < 4.78 is 1.90. The Morgan fingerprint density at radius 1 is 1.33 bits per heavy atom. The van der Waals surface area contributed by atoms with Gasteiger partial charge >= 0.3 is 0 Å². The van der Waals surface area contributed by atoms with Gasteiger partial charge in [-0.05, 0) is 17.4 Å². The van der Waals surface area contributed by atoms with Gasteiger partial charge in [-0.25, -0.2) is 9.50 Å². The monoisotopic (exact) mass is 246 g/mol. The molecule has 0 radical (unpaired) electrons. The number of anilines is 1. The number of fused-ring (bicyclic) bond motifs is 1. The normalized spacial score (nSPS) is 12.3. The highest BCUT2D eigenvalue weighted by Crippen LogP contribution is 2.21. The first-order valence-electron chi connectivity index (χ1n) is 6.45. The Labute approximate surface area is 108 Å². The van der Waals surface area contributed by atoms with Crippen molar-refractivity contribution < 1.29 is 0 Å². The molecule has 0 atom stereocenters. The number of aromatic nitrogens is 3. The Hall–Kier alpha value is -1.58. The highest BCUT2D eigenvalue weighted by Gasteiger charge is 2.13. The summed E-state index contributed by atoms with van der Waals surface area (Å²) in [5, 5.41) is 7.96. The van der Waals surface area contributed by atoms with Crippen molar-refractivity contribution in [3.63, 3.8) is 0 Å². The van der Waals surface area contributed by atoms with E-state index in [0.29, 0.717) is 5.92 Å². The van der Waals surface area contributed by atoms with E-state index >= 15 is 0 Å². The minimum atomic E-state index is 0.232. The van der Waals surface area contributed by atoms with Crippen molar-refractivity contribution in [3.8, 4) is 0 Å². The van der Waals surface area contributed by atoms with E-state index in [0.717, 1.165) is 23.6 Å². The number of rotatable bonds is 3. The third-order valence-corrected chi connectivity index (χ3v) is 2.79. The van der Waals surface area contributed by atoms with Gasteiger partial charge in [-0.15, -0.1) is 0 Å². The second-order valence-corrected chi connectivity index (χ2v) is 6.24. The molecule has 0 bridgehead atoms. The first-order valence-corrected chi connectivity index (χ1v) is 6.45. The third-order valence-electron chi connectivity index (χ3n) is 2.79. The van der Waals surface area contributed by atoms with Crippen LogP contribution in [0.4, 0.5) is 5.82 Å². The van der Waals surface area contributed by atoms with Crippen LogP contribution in [0, 0.1) is 5.41 Å². The van der Waals surface area contributed by atoms with E-state index in [1.165, 1.54) is 0 Å². The Bertz CT molecular complexity index is 534. The topological polar surface area (TPSA) is 42.2 Å². The van der Waals surface area contributed by atoms with Crippen molar-refractivity contribution in [1.29, 1.82) is 0 Å². The molecule has 2 aromatic heterocycles. The Morgan fingerprint density at radius 3 is 2.67 bits per heavy atom. The van der Waals surface area contributed by atoms with Crippen LogP contribution in [0.2, 0.25) is 0 Å². The van der Waals surface area contributed by atoms with Gasteiger partial charge in [-0.3, -0.25) is 0 Å². The molecule has 4 heteroatoms. The highest BCUT2D eigenvalue weighted by molar-refractivity contribution is 5.67. The van der Waals surface area contributed by atoms with Gasteiger partial charge in [0.15, 0.2) is 5.82 Å². The predicted octanol–water partition coefficient (Wildman–Crippen LogP) is 3.31. The molecule has 0 unspecified atom stereocenters. The quantitative estimate of drug-likeness (QED) is 0.903. The van der Waals surface area contributed by atoms with E-state index in [4.69, 9.17) is 0 Å². The Balaban J connectivity index is 2.33. The Kier molecular flexibility index (Phi) is 3.28. The van der Waals surface area contributed by atoms with Crippen molar-refractivity contribution in [2.75, 3.05) is 11.9 Å². The van der Waals surface area contributed by atoms with Crippen LogP contribution in [0.1, 0.15) is 46.2 Å². The average Bonchev–Trinajstić information content (AvgIpc) is 2.69. The first kappa shape index (κ1) is 12.9. The number of hydrogen-bond acceptors (Lipinski definition) is 3. The summed E-state index contributed by atoms with van der Waals surface area (Å²) in [6.45, 7) is 11.8. The summed E-state index contributed by atoms with van der Waals surface area (Å²) in [7, 11) is 0. The minimum Gasteiger partial charge on any atom is -0.368 e. The van der Waals surface area contributed by atoms with E-state index in [2.05, 4.69) is 56.1 Å². The maximum absolute atomic E-state index is 4.55. The lowest BCUT2D eigenvalue weighted by molar-refractivity contribution is 0.442. The summed E-state index contributed by atoms with van der Waals surface area (Å²) in [5.41, 5.74) is 2.38. The smallest absolute Gasteiger partial charge is 0.152 e. The number of nitrogens with zero attached hydrogens (tertiary/aromatic N) is 3. The molecule has 2 heterocycles. The molecule has 0 saturated heterocycles. The molecule has 4 nitrogen and oxygen atoms in total. The zero-order valence-electron chi connectivity index (χ0n) is 11.9. The molecule has 0 saturated carbocycles. The fourth-order valence-corrected chi connectivity index (χ4v) is 1.71. The van der Waals surface area contributed by atoms with E-state index in [1.54, 1.807) is 6.20 Å². The molecular formula is C14H22N4. The van der Waals surface area contributed by atoms with Crippen LogP contribution < -0.4 is 5.32 Å². The maximum Gasteiger partial charge on any atom is 0.152 e. The summed E-state index contributed by atoms with van der Waals surface area (Å²) in [5.74, 6) is 1.34. The van der Waals surface area contributed by atoms with Gasteiger partial charge in [-0.1, -0.05) is 34.6 Å². The van der Waals surface area contributed by atoms with Gasteiger partial charge in [0, 0.05) is 18.9 Å². The van der Waals surface area contributed by atoms with Crippen LogP contribution in [0.3, 0.4) is 0 Å². The lowest BCUT2D eigenvalue weighted by atomic mass is 9.97. The zero-order valence-corrected chi connectivity index (χ0v) is 11.9. The molecule has 1 N–H and O–H groups in total. The molecule has 0 spiro atoms. The van der Waals surface area contributed by atoms with Crippen LogP contribution in [0.5, 0.6) is 0 Å². The molecular weight excluding hydrogens is 224 g/mol. The molecule has 0 amide bonds. The van der Waals surface area contributed by atoms with E-state index < -0.39 is 0 Å². The fraction of sp³-hybridized carbons (Fsp3) is 0.571. The molecule has 98 valence electrons.